The first-order chi connectivity index (χ1) is 16.4. The molecule has 34 heavy (non-hydrogen) atoms. The molecule has 4 rings (SSSR count). The predicted molar refractivity (Wildman–Crippen MR) is 123 cm³/mol. The van der Waals surface area contributed by atoms with Crippen molar-refractivity contribution in [2.75, 3.05) is 32.1 Å². The van der Waals surface area contributed by atoms with Gasteiger partial charge in [0.25, 0.3) is 5.91 Å². The summed E-state index contributed by atoms with van der Waals surface area (Å²) in [6, 6.07) is 15.1. The third-order valence-corrected chi connectivity index (χ3v) is 7.16. The first kappa shape index (κ1) is 23.5. The zero-order valence-corrected chi connectivity index (χ0v) is 19.3. The van der Waals surface area contributed by atoms with Crippen molar-refractivity contribution >= 4 is 27.6 Å². The van der Waals surface area contributed by atoms with E-state index >= 15 is 0 Å². The number of hydrogen-bond acceptors (Lipinski definition) is 7. The van der Waals surface area contributed by atoms with E-state index in [4.69, 9.17) is 9.47 Å². The molecule has 3 aromatic rings. The molecule has 1 aliphatic rings. The van der Waals surface area contributed by atoms with Crippen molar-refractivity contribution in [2.24, 2.45) is 0 Å². The Hall–Kier alpha value is -3.70. The molecule has 1 saturated heterocycles. The van der Waals surface area contributed by atoms with E-state index in [9.17, 15) is 18.0 Å². The Morgan fingerprint density at radius 3 is 2.50 bits per heavy atom. The van der Waals surface area contributed by atoms with E-state index in [1.54, 1.807) is 12.1 Å². The number of carbonyl (C=O) groups is 2. The van der Waals surface area contributed by atoms with Crippen LogP contribution in [0, 0.1) is 0 Å². The normalized spacial score (nSPS) is 14.0. The second-order valence-electron chi connectivity index (χ2n) is 7.59. The zero-order chi connectivity index (χ0) is 24.1. The van der Waals surface area contributed by atoms with Crippen molar-refractivity contribution in [3.8, 4) is 11.4 Å². The van der Waals surface area contributed by atoms with E-state index in [0.717, 1.165) is 18.5 Å². The summed E-state index contributed by atoms with van der Waals surface area (Å²) in [6.07, 6.45) is 3.20. The van der Waals surface area contributed by atoms with E-state index in [2.05, 4.69) is 10.4 Å². The Morgan fingerprint density at radius 2 is 1.79 bits per heavy atom. The van der Waals surface area contributed by atoms with Gasteiger partial charge in [-0.05, 0) is 43.2 Å². The Bertz CT molecular complexity index is 1280. The summed E-state index contributed by atoms with van der Waals surface area (Å²) in [5.74, 6) is -1.24. The molecule has 1 aliphatic heterocycles. The number of para-hydroxylation sites is 1. The molecule has 11 heteroatoms. The number of methoxy groups -OCH3 is 1. The first-order valence-corrected chi connectivity index (χ1v) is 12.1. The third-order valence-electron chi connectivity index (χ3n) is 5.27. The van der Waals surface area contributed by atoms with Crippen LogP contribution >= 0.6 is 0 Å². The van der Waals surface area contributed by atoms with Crippen molar-refractivity contribution in [1.82, 2.24) is 14.1 Å². The molecule has 1 amide bonds. The summed E-state index contributed by atoms with van der Waals surface area (Å²) in [5.41, 5.74) is 0.937. The molecule has 1 aromatic heterocycles. The number of rotatable bonds is 8. The highest BCUT2D eigenvalue weighted by Gasteiger charge is 2.27. The minimum atomic E-state index is -3.61. The lowest BCUT2D eigenvalue weighted by Crippen LogP contribution is -2.28. The van der Waals surface area contributed by atoms with E-state index in [1.807, 2.05) is 30.3 Å². The summed E-state index contributed by atoms with van der Waals surface area (Å²) >= 11 is 0. The molecule has 0 saturated carbocycles. The number of nitrogens with zero attached hydrogens (tertiary/aromatic N) is 3. The summed E-state index contributed by atoms with van der Waals surface area (Å²) in [5, 5.41) is 6.76. The van der Waals surface area contributed by atoms with Crippen LogP contribution in [-0.2, 0) is 19.6 Å². The van der Waals surface area contributed by atoms with Crippen LogP contribution in [0.4, 0.5) is 5.69 Å². The largest absolute Gasteiger partial charge is 0.493 e. The standard InChI is InChI=1S/C23H24N4O6S/c1-32-20-15-27(18-9-3-2-4-10-18)25-22(20)23(29)33-16-21(28)24-17-8-7-11-19(14-17)34(30,31)26-12-5-6-13-26/h2-4,7-11,14-15H,5-6,12-13,16H2,1H3,(H,24,28). The summed E-state index contributed by atoms with van der Waals surface area (Å²) in [7, 11) is -2.21. The van der Waals surface area contributed by atoms with Gasteiger partial charge in [-0.2, -0.15) is 9.40 Å². The summed E-state index contributed by atoms with van der Waals surface area (Å²) in [4.78, 5) is 25.0. The van der Waals surface area contributed by atoms with Crippen LogP contribution in [0.3, 0.4) is 0 Å². The molecule has 0 bridgehead atoms. The summed E-state index contributed by atoms with van der Waals surface area (Å²) in [6.45, 7) is 0.389. The van der Waals surface area contributed by atoms with Gasteiger partial charge in [0.05, 0.1) is 23.9 Å². The quantitative estimate of drug-likeness (QED) is 0.488. The minimum Gasteiger partial charge on any atom is -0.493 e. The van der Waals surface area contributed by atoms with Gasteiger partial charge in [-0.15, -0.1) is 0 Å². The number of ether oxygens (including phenoxy) is 2. The Balaban J connectivity index is 1.39. The zero-order valence-electron chi connectivity index (χ0n) is 18.5. The van der Waals surface area contributed by atoms with E-state index in [-0.39, 0.29) is 22.0 Å². The Labute approximate surface area is 197 Å². The number of esters is 1. The first-order valence-electron chi connectivity index (χ1n) is 10.6. The van der Waals surface area contributed by atoms with Crippen molar-refractivity contribution in [1.29, 1.82) is 0 Å². The number of hydrogen-bond donors (Lipinski definition) is 1. The Morgan fingerprint density at radius 1 is 1.06 bits per heavy atom. The predicted octanol–water partition coefficient (Wildman–Crippen LogP) is 2.46. The van der Waals surface area contributed by atoms with Crippen molar-refractivity contribution in [2.45, 2.75) is 17.7 Å². The lowest BCUT2D eigenvalue weighted by Gasteiger charge is -2.16. The molecule has 0 aliphatic carbocycles. The number of sulfonamides is 1. The maximum Gasteiger partial charge on any atom is 0.363 e. The van der Waals surface area contributed by atoms with Crippen LogP contribution in [0.25, 0.3) is 5.69 Å². The highest BCUT2D eigenvalue weighted by Crippen LogP contribution is 2.23. The fraction of sp³-hybridized carbons (Fsp3) is 0.261. The van der Waals surface area contributed by atoms with E-state index < -0.39 is 28.5 Å². The lowest BCUT2D eigenvalue weighted by atomic mass is 10.3. The minimum absolute atomic E-state index is 0.0714. The second-order valence-corrected chi connectivity index (χ2v) is 9.53. The molecule has 1 N–H and O–H groups in total. The Kier molecular flexibility index (Phi) is 6.94. The van der Waals surface area contributed by atoms with Gasteiger partial charge in [0.15, 0.2) is 12.4 Å². The highest BCUT2D eigenvalue weighted by atomic mass is 32.2. The molecule has 0 unspecified atom stereocenters. The number of carbonyl (C=O) groups excluding carboxylic acids is 2. The van der Waals surface area contributed by atoms with E-state index in [1.165, 1.54) is 34.4 Å². The van der Waals surface area contributed by atoms with Gasteiger partial charge >= 0.3 is 5.97 Å². The second kappa shape index (κ2) is 10.1. The van der Waals surface area contributed by atoms with Gasteiger partial charge in [0.1, 0.15) is 0 Å². The van der Waals surface area contributed by atoms with E-state index in [0.29, 0.717) is 13.1 Å². The number of nitrogens with one attached hydrogen (secondary N) is 1. The van der Waals surface area contributed by atoms with Crippen LogP contribution in [0.1, 0.15) is 23.3 Å². The average molecular weight is 485 g/mol. The molecular formula is C23H24N4O6S. The lowest BCUT2D eigenvalue weighted by molar-refractivity contribution is -0.119. The van der Waals surface area contributed by atoms with Crippen molar-refractivity contribution in [3.63, 3.8) is 0 Å². The van der Waals surface area contributed by atoms with Gasteiger partial charge < -0.3 is 14.8 Å². The summed E-state index contributed by atoms with van der Waals surface area (Å²) < 4.78 is 38.7. The van der Waals surface area contributed by atoms with Crippen LogP contribution in [0.5, 0.6) is 5.75 Å². The molecule has 2 aromatic carbocycles. The topological polar surface area (TPSA) is 120 Å². The highest BCUT2D eigenvalue weighted by molar-refractivity contribution is 7.89. The molecule has 2 heterocycles. The average Bonchev–Trinajstić information content (AvgIpc) is 3.54. The maximum absolute atomic E-state index is 12.7. The maximum atomic E-state index is 12.7. The van der Waals surface area contributed by atoms with Crippen LogP contribution < -0.4 is 10.1 Å². The van der Waals surface area contributed by atoms with Gasteiger partial charge in [0, 0.05) is 18.8 Å². The van der Waals surface area contributed by atoms with Crippen LogP contribution in [-0.4, -0.2) is 61.2 Å². The van der Waals surface area contributed by atoms with Crippen LogP contribution in [0.2, 0.25) is 0 Å². The molecule has 10 nitrogen and oxygen atoms in total. The number of aromatic nitrogens is 2. The molecular weight excluding hydrogens is 460 g/mol. The fourth-order valence-electron chi connectivity index (χ4n) is 3.57. The molecule has 0 atom stereocenters. The fourth-order valence-corrected chi connectivity index (χ4v) is 5.13. The number of benzene rings is 2. The van der Waals surface area contributed by atoms with Gasteiger partial charge in [0.2, 0.25) is 15.7 Å². The molecule has 0 spiro atoms. The number of anilines is 1. The van der Waals surface area contributed by atoms with Gasteiger partial charge in [-0.1, -0.05) is 24.3 Å². The van der Waals surface area contributed by atoms with Gasteiger partial charge in [-0.25, -0.2) is 17.9 Å². The third kappa shape index (κ3) is 5.10. The monoisotopic (exact) mass is 484 g/mol. The SMILES string of the molecule is COc1cn(-c2ccccc2)nc1C(=O)OCC(=O)Nc1cccc(S(=O)(=O)N2CCCC2)c1. The van der Waals surface area contributed by atoms with Gasteiger partial charge in [-0.3, -0.25) is 4.79 Å². The smallest absolute Gasteiger partial charge is 0.363 e. The van der Waals surface area contributed by atoms with Crippen LogP contribution in [0.15, 0.2) is 65.7 Å². The molecule has 1 fully saturated rings. The molecule has 0 radical (unpaired) electrons. The number of amides is 1. The molecule has 178 valence electrons. The van der Waals surface area contributed by atoms with Crippen molar-refractivity contribution in [3.05, 3.63) is 66.5 Å². The van der Waals surface area contributed by atoms with Crippen molar-refractivity contribution < 1.29 is 27.5 Å².